The standard InChI is InChI=1S/C10H10F2O3S/c11-7-2-1-5(9(12)6(7)3-13)10(15)8(14)4-16/h1-3,8,10,14-16H,4H2. The average molecular weight is 248 g/mol. The van der Waals surface area contributed by atoms with E-state index in [1.165, 1.54) is 0 Å². The van der Waals surface area contributed by atoms with Crippen molar-refractivity contribution in [1.82, 2.24) is 0 Å². The minimum Gasteiger partial charge on any atom is -0.389 e. The molecule has 3 nitrogen and oxygen atoms in total. The van der Waals surface area contributed by atoms with E-state index >= 15 is 0 Å². The summed E-state index contributed by atoms with van der Waals surface area (Å²) >= 11 is 3.73. The molecule has 6 heteroatoms. The summed E-state index contributed by atoms with van der Waals surface area (Å²) in [6.45, 7) is 0. The second-order valence-corrected chi connectivity index (χ2v) is 3.54. The van der Waals surface area contributed by atoms with Crippen LogP contribution < -0.4 is 0 Å². The smallest absolute Gasteiger partial charge is 0.155 e. The number of benzene rings is 1. The molecular formula is C10H10F2O3S. The van der Waals surface area contributed by atoms with Crippen LogP contribution in [0.3, 0.4) is 0 Å². The van der Waals surface area contributed by atoms with Crippen molar-refractivity contribution in [3.63, 3.8) is 0 Å². The van der Waals surface area contributed by atoms with Gasteiger partial charge in [0.05, 0.1) is 11.7 Å². The SMILES string of the molecule is O=Cc1c(F)ccc(C(O)C(O)CS)c1F. The van der Waals surface area contributed by atoms with Crippen LogP contribution in [0.25, 0.3) is 0 Å². The van der Waals surface area contributed by atoms with E-state index in [-0.39, 0.29) is 17.6 Å². The quantitative estimate of drug-likeness (QED) is 0.552. The van der Waals surface area contributed by atoms with Crippen LogP contribution in [0.5, 0.6) is 0 Å². The Morgan fingerprint density at radius 3 is 2.50 bits per heavy atom. The van der Waals surface area contributed by atoms with Crippen LogP contribution in [0, 0.1) is 11.6 Å². The molecule has 0 spiro atoms. The molecule has 0 saturated carbocycles. The first-order valence-electron chi connectivity index (χ1n) is 4.43. The zero-order valence-corrected chi connectivity index (χ0v) is 8.99. The van der Waals surface area contributed by atoms with Gasteiger partial charge in [0.2, 0.25) is 0 Å². The largest absolute Gasteiger partial charge is 0.389 e. The van der Waals surface area contributed by atoms with Crippen LogP contribution in [-0.2, 0) is 0 Å². The molecule has 0 fully saturated rings. The predicted molar refractivity (Wildman–Crippen MR) is 56.6 cm³/mol. The van der Waals surface area contributed by atoms with E-state index in [2.05, 4.69) is 12.6 Å². The molecule has 0 radical (unpaired) electrons. The van der Waals surface area contributed by atoms with Gasteiger partial charge in [0.15, 0.2) is 6.29 Å². The van der Waals surface area contributed by atoms with Crippen LogP contribution in [0.4, 0.5) is 8.78 Å². The topological polar surface area (TPSA) is 57.5 Å². The zero-order valence-electron chi connectivity index (χ0n) is 8.10. The molecule has 0 saturated heterocycles. The monoisotopic (exact) mass is 248 g/mol. The molecule has 0 amide bonds. The highest BCUT2D eigenvalue weighted by Crippen LogP contribution is 2.24. The van der Waals surface area contributed by atoms with Crippen molar-refractivity contribution in [3.05, 3.63) is 34.9 Å². The molecule has 2 atom stereocenters. The minimum absolute atomic E-state index is 0.0218. The molecule has 1 aromatic rings. The third-order valence-electron chi connectivity index (χ3n) is 2.14. The van der Waals surface area contributed by atoms with Gasteiger partial charge in [-0.1, -0.05) is 6.07 Å². The van der Waals surface area contributed by atoms with Crippen LogP contribution in [0.2, 0.25) is 0 Å². The molecule has 1 aromatic carbocycles. The number of rotatable bonds is 4. The van der Waals surface area contributed by atoms with Gasteiger partial charge in [-0.05, 0) is 6.07 Å². The van der Waals surface area contributed by atoms with Crippen molar-refractivity contribution >= 4 is 18.9 Å². The number of hydrogen-bond acceptors (Lipinski definition) is 4. The molecule has 2 unspecified atom stereocenters. The molecular weight excluding hydrogens is 238 g/mol. The van der Waals surface area contributed by atoms with Crippen LogP contribution in [-0.4, -0.2) is 28.4 Å². The Bertz CT molecular complexity index is 398. The normalized spacial score (nSPS) is 14.6. The number of aliphatic hydroxyl groups is 2. The lowest BCUT2D eigenvalue weighted by Gasteiger charge is -2.17. The van der Waals surface area contributed by atoms with E-state index in [0.29, 0.717) is 0 Å². The predicted octanol–water partition coefficient (Wildman–Crippen LogP) is 1.10. The molecule has 1 rings (SSSR count). The number of carbonyl (C=O) groups excluding carboxylic acids is 1. The Morgan fingerprint density at radius 1 is 1.38 bits per heavy atom. The third-order valence-corrected chi connectivity index (χ3v) is 2.52. The van der Waals surface area contributed by atoms with Gasteiger partial charge in [-0.3, -0.25) is 4.79 Å². The second kappa shape index (κ2) is 5.38. The van der Waals surface area contributed by atoms with Gasteiger partial charge in [0, 0.05) is 11.3 Å². The Kier molecular flexibility index (Phi) is 4.40. The average Bonchev–Trinajstić information content (AvgIpc) is 2.28. The van der Waals surface area contributed by atoms with Gasteiger partial charge in [0.1, 0.15) is 17.7 Å². The Hall–Kier alpha value is -0.980. The number of carbonyl (C=O) groups is 1. The highest BCUT2D eigenvalue weighted by Gasteiger charge is 2.23. The summed E-state index contributed by atoms with van der Waals surface area (Å²) in [5.74, 6) is -2.26. The summed E-state index contributed by atoms with van der Waals surface area (Å²) < 4.78 is 26.5. The van der Waals surface area contributed by atoms with E-state index in [4.69, 9.17) is 0 Å². The van der Waals surface area contributed by atoms with Crippen LogP contribution >= 0.6 is 12.6 Å². The highest BCUT2D eigenvalue weighted by atomic mass is 32.1. The molecule has 0 bridgehead atoms. The third kappa shape index (κ3) is 2.40. The Morgan fingerprint density at radius 2 is 2.00 bits per heavy atom. The Labute approximate surface area is 96.1 Å². The minimum atomic E-state index is -1.54. The molecule has 0 aliphatic heterocycles. The molecule has 0 aliphatic carbocycles. The molecule has 0 aliphatic rings. The van der Waals surface area contributed by atoms with Gasteiger partial charge < -0.3 is 10.2 Å². The van der Waals surface area contributed by atoms with Crippen molar-refractivity contribution in [1.29, 1.82) is 0 Å². The molecule has 2 N–H and O–H groups in total. The lowest BCUT2D eigenvalue weighted by Crippen LogP contribution is -2.21. The lowest BCUT2D eigenvalue weighted by molar-refractivity contribution is 0.0313. The van der Waals surface area contributed by atoms with E-state index in [1.807, 2.05) is 0 Å². The number of hydrogen-bond donors (Lipinski definition) is 3. The van der Waals surface area contributed by atoms with Gasteiger partial charge >= 0.3 is 0 Å². The fourth-order valence-electron chi connectivity index (χ4n) is 1.23. The number of aldehydes is 1. The van der Waals surface area contributed by atoms with Crippen molar-refractivity contribution in [2.75, 3.05) is 5.75 Å². The summed E-state index contributed by atoms with van der Waals surface area (Å²) in [4.78, 5) is 10.4. The van der Waals surface area contributed by atoms with Crippen LogP contribution in [0.15, 0.2) is 12.1 Å². The maximum Gasteiger partial charge on any atom is 0.155 e. The van der Waals surface area contributed by atoms with Gasteiger partial charge in [-0.15, -0.1) is 0 Å². The molecule has 16 heavy (non-hydrogen) atoms. The number of halogens is 2. The zero-order chi connectivity index (χ0) is 12.3. The van der Waals surface area contributed by atoms with Crippen molar-refractivity contribution in [2.24, 2.45) is 0 Å². The highest BCUT2D eigenvalue weighted by molar-refractivity contribution is 7.80. The first kappa shape index (κ1) is 13.1. The summed E-state index contributed by atoms with van der Waals surface area (Å²) in [5.41, 5.74) is -1.09. The van der Waals surface area contributed by atoms with Crippen LogP contribution in [0.1, 0.15) is 22.0 Å². The first-order chi connectivity index (χ1) is 7.52. The fraction of sp³-hybridized carbons (Fsp3) is 0.300. The number of aliphatic hydroxyl groups excluding tert-OH is 2. The van der Waals surface area contributed by atoms with E-state index in [9.17, 15) is 23.8 Å². The summed E-state index contributed by atoms with van der Waals surface area (Å²) in [6.07, 6.45) is -2.81. The Balaban J connectivity index is 3.20. The fourth-order valence-corrected chi connectivity index (χ4v) is 1.43. The maximum atomic E-state index is 13.5. The second-order valence-electron chi connectivity index (χ2n) is 3.18. The van der Waals surface area contributed by atoms with Gasteiger partial charge in [-0.25, -0.2) is 8.78 Å². The molecule has 88 valence electrons. The van der Waals surface area contributed by atoms with Gasteiger partial charge in [-0.2, -0.15) is 12.6 Å². The molecule has 0 heterocycles. The van der Waals surface area contributed by atoms with E-state index in [1.54, 1.807) is 0 Å². The van der Waals surface area contributed by atoms with Crippen molar-refractivity contribution in [2.45, 2.75) is 12.2 Å². The first-order valence-corrected chi connectivity index (χ1v) is 5.06. The summed E-state index contributed by atoms with van der Waals surface area (Å²) in [7, 11) is 0. The van der Waals surface area contributed by atoms with E-state index in [0.717, 1.165) is 12.1 Å². The van der Waals surface area contributed by atoms with Gasteiger partial charge in [0.25, 0.3) is 0 Å². The summed E-state index contributed by atoms with van der Waals surface area (Å²) in [5, 5.41) is 18.8. The van der Waals surface area contributed by atoms with E-state index < -0.39 is 29.4 Å². The number of thiol groups is 1. The van der Waals surface area contributed by atoms with Crippen molar-refractivity contribution in [3.8, 4) is 0 Å². The summed E-state index contributed by atoms with van der Waals surface area (Å²) in [6, 6.07) is 1.84. The van der Waals surface area contributed by atoms with Crippen molar-refractivity contribution < 1.29 is 23.8 Å². The lowest BCUT2D eigenvalue weighted by atomic mass is 10.0. The molecule has 0 aromatic heterocycles. The maximum absolute atomic E-state index is 13.5.